The predicted octanol–water partition coefficient (Wildman–Crippen LogP) is 4.35. The Labute approximate surface area is 204 Å². The summed E-state index contributed by atoms with van der Waals surface area (Å²) in [5, 5.41) is 2.85. The predicted molar refractivity (Wildman–Crippen MR) is 138 cm³/mol. The highest BCUT2D eigenvalue weighted by Gasteiger charge is 2.22. The maximum Gasteiger partial charge on any atom is 0.257 e. The Morgan fingerprint density at radius 1 is 1.17 bits per heavy atom. The Hall–Kier alpha value is -3.94. The molecule has 1 fully saturated rings. The summed E-state index contributed by atoms with van der Waals surface area (Å²) in [5.74, 6) is 0.0967. The van der Waals surface area contributed by atoms with Gasteiger partial charge < -0.3 is 15.2 Å². The number of hydrogen-bond acceptors (Lipinski definition) is 4. The van der Waals surface area contributed by atoms with Crippen molar-refractivity contribution < 1.29 is 14.4 Å². The van der Waals surface area contributed by atoms with E-state index in [1.807, 2.05) is 30.3 Å². The van der Waals surface area contributed by atoms with Crippen LogP contribution in [0.3, 0.4) is 0 Å². The molecule has 0 unspecified atom stereocenters. The second kappa shape index (κ2) is 10.5. The Morgan fingerprint density at radius 3 is 2.54 bits per heavy atom. The van der Waals surface area contributed by atoms with Crippen LogP contribution in [0.15, 0.2) is 49.0 Å². The first-order valence-corrected chi connectivity index (χ1v) is 11.9. The van der Waals surface area contributed by atoms with Gasteiger partial charge in [0.15, 0.2) is 0 Å². The van der Waals surface area contributed by atoms with Gasteiger partial charge in [0.1, 0.15) is 0 Å². The number of primary amides is 1. The van der Waals surface area contributed by atoms with Crippen LogP contribution in [0.2, 0.25) is 0 Å². The molecule has 1 aromatic heterocycles. The third kappa shape index (κ3) is 5.59. The number of carbonyl (C=O) groups is 3. The average Bonchev–Trinajstić information content (AvgIpc) is 3.49. The molecule has 182 valence electrons. The van der Waals surface area contributed by atoms with Gasteiger partial charge in [-0.05, 0) is 54.7 Å². The zero-order valence-corrected chi connectivity index (χ0v) is 20.0. The van der Waals surface area contributed by atoms with E-state index in [9.17, 15) is 14.4 Å². The highest BCUT2D eigenvalue weighted by molar-refractivity contribution is 6.04. The van der Waals surface area contributed by atoms with Crippen molar-refractivity contribution in [3.8, 4) is 0 Å². The molecule has 0 spiro atoms. The fraction of sp³-hybridized carbons (Fsp3) is 0.333. The second-order valence-electron chi connectivity index (χ2n) is 9.06. The zero-order valence-electron chi connectivity index (χ0n) is 20.0. The number of imidazole rings is 1. The molecule has 0 radical (unpaired) electrons. The maximum absolute atomic E-state index is 12.9. The highest BCUT2D eigenvalue weighted by Crippen LogP contribution is 2.30. The molecule has 3 N–H and O–H groups in total. The van der Waals surface area contributed by atoms with Crippen LogP contribution in [-0.4, -0.2) is 34.3 Å². The molecule has 0 bridgehead atoms. The number of benzene rings is 2. The minimum atomic E-state index is -0.446. The van der Waals surface area contributed by atoms with Gasteiger partial charge in [-0.1, -0.05) is 37.6 Å². The third-order valence-corrected chi connectivity index (χ3v) is 6.65. The monoisotopic (exact) mass is 473 g/mol. The topological polar surface area (TPSA) is 110 Å². The Morgan fingerprint density at radius 2 is 1.89 bits per heavy atom. The number of aryl methyl sites for hydroxylation is 1. The molecular formula is C27H31N5O3. The number of nitrogens with zero attached hydrogens (tertiary/aromatic N) is 3. The molecule has 1 aliphatic carbocycles. The molecule has 8 nitrogen and oxygen atoms in total. The molecule has 8 heteroatoms. The van der Waals surface area contributed by atoms with Gasteiger partial charge in [0.2, 0.25) is 17.8 Å². The lowest BCUT2D eigenvalue weighted by molar-refractivity contribution is -0.119. The standard InChI is InChI=1S/C27H31N5O3/c1-3-18-8-10-20(11-9-18)26(35)30-27-29-22-17-21(12-13-23(22)32(27)15-14-24(28)33)31(2)25(34)16-19-6-4-5-7-19/h3,8-13,17,19H,1,4-7,14-16H2,2H3,(H2,28,33)(H,29,30,35). The van der Waals surface area contributed by atoms with Crippen molar-refractivity contribution in [1.29, 1.82) is 0 Å². The van der Waals surface area contributed by atoms with Crippen LogP contribution in [0, 0.1) is 5.92 Å². The van der Waals surface area contributed by atoms with Gasteiger partial charge in [0, 0.05) is 37.7 Å². The molecule has 1 saturated carbocycles. The number of hydrogen-bond donors (Lipinski definition) is 2. The first kappa shape index (κ1) is 24.2. The lowest BCUT2D eigenvalue weighted by Gasteiger charge is -2.19. The third-order valence-electron chi connectivity index (χ3n) is 6.65. The van der Waals surface area contributed by atoms with E-state index in [1.54, 1.807) is 34.7 Å². The molecule has 3 aromatic rings. The molecule has 2 aromatic carbocycles. The number of nitrogens with two attached hydrogens (primary N) is 1. The molecule has 35 heavy (non-hydrogen) atoms. The van der Waals surface area contributed by atoms with Gasteiger partial charge in [-0.2, -0.15) is 0 Å². The first-order chi connectivity index (χ1) is 16.9. The fourth-order valence-corrected chi connectivity index (χ4v) is 4.56. The minimum Gasteiger partial charge on any atom is -0.370 e. The van der Waals surface area contributed by atoms with E-state index in [0.717, 1.165) is 29.6 Å². The summed E-state index contributed by atoms with van der Waals surface area (Å²) in [7, 11) is 1.78. The number of aromatic nitrogens is 2. The van der Waals surface area contributed by atoms with E-state index in [4.69, 9.17) is 5.73 Å². The van der Waals surface area contributed by atoms with E-state index >= 15 is 0 Å². The van der Waals surface area contributed by atoms with Gasteiger partial charge >= 0.3 is 0 Å². The summed E-state index contributed by atoms with van der Waals surface area (Å²) in [6.07, 6.45) is 6.98. The second-order valence-corrected chi connectivity index (χ2v) is 9.06. The highest BCUT2D eigenvalue weighted by atomic mass is 16.2. The van der Waals surface area contributed by atoms with Crippen LogP contribution in [0.4, 0.5) is 11.6 Å². The van der Waals surface area contributed by atoms with Gasteiger partial charge in [-0.15, -0.1) is 0 Å². The average molecular weight is 474 g/mol. The van der Waals surface area contributed by atoms with Crippen molar-refractivity contribution in [1.82, 2.24) is 9.55 Å². The van der Waals surface area contributed by atoms with Crippen molar-refractivity contribution in [2.75, 3.05) is 17.3 Å². The molecule has 1 heterocycles. The summed E-state index contributed by atoms with van der Waals surface area (Å²) in [4.78, 5) is 43.4. The molecule has 0 aliphatic heterocycles. The smallest absolute Gasteiger partial charge is 0.257 e. The number of fused-ring (bicyclic) bond motifs is 1. The number of rotatable bonds is 9. The summed E-state index contributed by atoms with van der Waals surface area (Å²) in [6, 6.07) is 12.6. The molecular weight excluding hydrogens is 442 g/mol. The van der Waals surface area contributed by atoms with E-state index in [2.05, 4.69) is 16.9 Å². The molecule has 0 saturated heterocycles. The first-order valence-electron chi connectivity index (χ1n) is 11.9. The van der Waals surface area contributed by atoms with Crippen molar-refractivity contribution >= 4 is 46.5 Å². The van der Waals surface area contributed by atoms with Crippen molar-refractivity contribution in [2.24, 2.45) is 11.7 Å². The molecule has 4 rings (SSSR count). The zero-order chi connectivity index (χ0) is 24.9. The van der Waals surface area contributed by atoms with Gasteiger partial charge in [-0.25, -0.2) is 4.98 Å². The molecule has 1 aliphatic rings. The lowest BCUT2D eigenvalue weighted by atomic mass is 10.0. The SMILES string of the molecule is C=Cc1ccc(C(=O)Nc2nc3cc(N(C)C(=O)CC4CCCC4)ccc3n2CCC(N)=O)cc1. The van der Waals surface area contributed by atoms with E-state index in [0.29, 0.717) is 29.4 Å². The Kier molecular flexibility index (Phi) is 7.29. The van der Waals surface area contributed by atoms with E-state index in [1.165, 1.54) is 12.8 Å². The number of nitrogens with one attached hydrogen (secondary N) is 1. The van der Waals surface area contributed by atoms with Crippen LogP contribution >= 0.6 is 0 Å². The van der Waals surface area contributed by atoms with Crippen molar-refractivity contribution in [3.63, 3.8) is 0 Å². The van der Waals surface area contributed by atoms with E-state index < -0.39 is 5.91 Å². The number of anilines is 2. The van der Waals surface area contributed by atoms with Gasteiger partial charge in [0.25, 0.3) is 5.91 Å². The quantitative estimate of drug-likeness (QED) is 0.481. The largest absolute Gasteiger partial charge is 0.370 e. The van der Waals surface area contributed by atoms with E-state index in [-0.39, 0.29) is 24.8 Å². The fourth-order valence-electron chi connectivity index (χ4n) is 4.56. The maximum atomic E-state index is 12.9. The Balaban J connectivity index is 1.60. The summed E-state index contributed by atoms with van der Waals surface area (Å²) < 4.78 is 1.76. The number of amides is 3. The summed E-state index contributed by atoms with van der Waals surface area (Å²) >= 11 is 0. The summed E-state index contributed by atoms with van der Waals surface area (Å²) in [6.45, 7) is 3.99. The van der Waals surface area contributed by atoms with Crippen LogP contribution in [0.25, 0.3) is 17.1 Å². The van der Waals surface area contributed by atoms with Crippen LogP contribution in [-0.2, 0) is 16.1 Å². The van der Waals surface area contributed by atoms with Gasteiger partial charge in [-0.3, -0.25) is 19.7 Å². The van der Waals surface area contributed by atoms with Crippen LogP contribution < -0.4 is 16.0 Å². The number of carbonyl (C=O) groups excluding carboxylic acids is 3. The normalized spacial score (nSPS) is 13.6. The minimum absolute atomic E-state index is 0.0842. The van der Waals surface area contributed by atoms with Crippen molar-refractivity contribution in [3.05, 3.63) is 60.2 Å². The molecule has 0 atom stereocenters. The summed E-state index contributed by atoms with van der Waals surface area (Å²) in [5.41, 5.74) is 8.85. The van der Waals surface area contributed by atoms with Crippen LogP contribution in [0.5, 0.6) is 0 Å². The lowest BCUT2D eigenvalue weighted by Crippen LogP contribution is -2.27. The Bertz CT molecular complexity index is 1260. The van der Waals surface area contributed by atoms with Gasteiger partial charge in [0.05, 0.1) is 11.0 Å². The molecule has 3 amide bonds. The van der Waals surface area contributed by atoms with Crippen LogP contribution in [0.1, 0.15) is 54.4 Å². The van der Waals surface area contributed by atoms with Crippen molar-refractivity contribution in [2.45, 2.75) is 45.1 Å².